The summed E-state index contributed by atoms with van der Waals surface area (Å²) >= 11 is 0. The molecule has 4 aromatic heterocycles. The van der Waals surface area contributed by atoms with E-state index in [1.54, 1.807) is 0 Å². The number of fused-ring (bicyclic) bond motifs is 10. The van der Waals surface area contributed by atoms with Gasteiger partial charge in [-0.25, -0.2) is 0 Å². The zero-order chi connectivity index (χ0) is 31.2. The first kappa shape index (κ1) is 25.6. The highest BCUT2D eigenvalue weighted by molar-refractivity contribution is 6.10. The Morgan fingerprint density at radius 3 is 1.90 bits per heavy atom. The smallest absolute Gasteiger partial charge is 0.0527 e. The van der Waals surface area contributed by atoms with Gasteiger partial charge in [0.1, 0.15) is 0 Å². The number of pyridine rings is 2. The Kier molecular flexibility index (Phi) is 4.38. The van der Waals surface area contributed by atoms with Crippen LogP contribution in [0.1, 0.15) is 49.3 Å². The summed E-state index contributed by atoms with van der Waals surface area (Å²) in [5.41, 5.74) is 13.8. The van der Waals surface area contributed by atoms with Crippen LogP contribution in [0.3, 0.4) is 0 Å². The number of hydrogen-bond acceptors (Lipinski definition) is 2. The zero-order valence-electron chi connectivity index (χ0n) is 27.5. The number of rotatable bonds is 4. The summed E-state index contributed by atoms with van der Waals surface area (Å²) in [7, 11) is 0. The highest BCUT2D eigenvalue weighted by Crippen LogP contribution is 2.85. The Labute approximate surface area is 279 Å². The number of hydrogen-bond donors (Lipinski definition) is 0. The van der Waals surface area contributed by atoms with Gasteiger partial charge >= 0.3 is 0 Å². The van der Waals surface area contributed by atoms with E-state index in [-0.39, 0.29) is 0 Å². The SMILES string of the molecule is Cc1cc(-c2ccc3c(c2)c2cnccc2n3C23CCCC4C2C43)c(C)cc1-c1ccc2c(c1)c1cnccc1n2C1CCC2C3C2C31. The average Bonchev–Trinajstić information content (AvgIpc) is 4.05. The van der Waals surface area contributed by atoms with Crippen molar-refractivity contribution >= 4 is 43.6 Å². The van der Waals surface area contributed by atoms with E-state index in [1.807, 2.05) is 12.4 Å². The summed E-state index contributed by atoms with van der Waals surface area (Å²) in [6, 6.07) is 24.5. The van der Waals surface area contributed by atoms with Gasteiger partial charge in [0.05, 0.1) is 16.6 Å². The minimum Gasteiger partial charge on any atom is -0.337 e. The van der Waals surface area contributed by atoms with Crippen LogP contribution in [0.25, 0.3) is 65.9 Å². The van der Waals surface area contributed by atoms with Crippen LogP contribution in [0.15, 0.2) is 85.5 Å². The minimum absolute atomic E-state index is 0.376. The maximum atomic E-state index is 4.60. The quantitative estimate of drug-likeness (QED) is 0.196. The van der Waals surface area contributed by atoms with Gasteiger partial charge in [0, 0.05) is 63.4 Å². The van der Waals surface area contributed by atoms with Crippen LogP contribution < -0.4 is 0 Å². The van der Waals surface area contributed by atoms with Crippen molar-refractivity contribution in [3.63, 3.8) is 0 Å². The molecule has 7 fully saturated rings. The first-order chi connectivity index (χ1) is 23.6. The Balaban J connectivity index is 0.921. The van der Waals surface area contributed by atoms with Crippen molar-refractivity contribution in [2.24, 2.45) is 41.4 Å². The average molecular weight is 623 g/mol. The third-order valence-electron chi connectivity index (χ3n) is 14.7. The standard InChI is InChI=1S/C44H38N4/c1-22-17-29(25-6-9-36-31(19-25)33-21-46-15-12-37(33)48(36)44-13-3-4-27-42(44)43(27)44)23(2)16-28(22)24-5-8-34-30(18-24)32-20-45-14-11-35(32)47(34)38-10-7-26-39-40(26)41(38)39/h5-6,8-9,11-12,14-21,26-27,38-43H,3-4,7,10,13H2,1-2H3. The van der Waals surface area contributed by atoms with Crippen molar-refractivity contribution in [1.29, 1.82) is 0 Å². The van der Waals surface area contributed by atoms with Gasteiger partial charge in [-0.15, -0.1) is 0 Å². The summed E-state index contributed by atoms with van der Waals surface area (Å²) in [5, 5.41) is 5.30. The molecule has 48 heavy (non-hydrogen) atoms. The van der Waals surface area contributed by atoms with Crippen LogP contribution in [0.5, 0.6) is 0 Å². The molecule has 234 valence electrons. The summed E-state index contributed by atoms with van der Waals surface area (Å²) in [5.74, 6) is 6.87. The summed E-state index contributed by atoms with van der Waals surface area (Å²) in [4.78, 5) is 9.19. The molecule has 5 unspecified atom stereocenters. The second-order valence-electron chi connectivity index (χ2n) is 16.6. The van der Waals surface area contributed by atoms with E-state index in [9.17, 15) is 0 Å². The summed E-state index contributed by atoms with van der Waals surface area (Å²) < 4.78 is 5.45. The molecule has 7 aromatic rings. The zero-order valence-corrected chi connectivity index (χ0v) is 27.5. The predicted octanol–water partition coefficient (Wildman–Crippen LogP) is 10.2. The molecular formula is C44H38N4. The molecule has 7 saturated carbocycles. The molecule has 14 rings (SSSR count). The molecule has 4 nitrogen and oxygen atoms in total. The van der Waals surface area contributed by atoms with Gasteiger partial charge in [0.25, 0.3) is 0 Å². The van der Waals surface area contributed by atoms with E-state index in [0.717, 1.165) is 41.4 Å². The molecule has 0 radical (unpaired) electrons. The van der Waals surface area contributed by atoms with E-state index in [4.69, 9.17) is 0 Å². The third-order valence-corrected chi connectivity index (χ3v) is 14.7. The molecule has 0 amide bonds. The van der Waals surface area contributed by atoms with Crippen molar-refractivity contribution < 1.29 is 0 Å². The Bertz CT molecular complexity index is 2580. The molecule has 2 bridgehead atoms. The number of nitrogens with zero attached hydrogens (tertiary/aromatic N) is 4. The lowest BCUT2D eigenvalue weighted by Crippen LogP contribution is -2.33. The molecule has 0 spiro atoms. The summed E-state index contributed by atoms with van der Waals surface area (Å²) in [6.45, 7) is 4.58. The lowest BCUT2D eigenvalue weighted by atomic mass is 9.82. The van der Waals surface area contributed by atoms with Crippen LogP contribution >= 0.6 is 0 Å². The number of aromatic nitrogens is 4. The highest BCUT2D eigenvalue weighted by atomic mass is 15.2. The van der Waals surface area contributed by atoms with Gasteiger partial charge in [0.15, 0.2) is 0 Å². The predicted molar refractivity (Wildman–Crippen MR) is 193 cm³/mol. The fraction of sp³-hybridized carbons (Fsp3) is 0.364. The van der Waals surface area contributed by atoms with Gasteiger partial charge in [-0.2, -0.15) is 0 Å². The Morgan fingerprint density at radius 2 is 1.21 bits per heavy atom. The molecule has 7 aliphatic rings. The topological polar surface area (TPSA) is 35.6 Å². The molecule has 3 aromatic carbocycles. The molecule has 5 atom stereocenters. The second-order valence-corrected chi connectivity index (χ2v) is 16.6. The number of aryl methyl sites for hydroxylation is 2. The third kappa shape index (κ3) is 2.90. The Hall–Kier alpha value is -4.44. The van der Waals surface area contributed by atoms with Crippen LogP contribution in [0.2, 0.25) is 0 Å². The highest BCUT2D eigenvalue weighted by Gasteiger charge is 2.85. The van der Waals surface area contributed by atoms with Gasteiger partial charge in [-0.1, -0.05) is 30.7 Å². The molecular weight excluding hydrogens is 585 g/mol. The van der Waals surface area contributed by atoms with Crippen molar-refractivity contribution in [2.45, 2.75) is 57.5 Å². The summed E-state index contributed by atoms with van der Waals surface area (Å²) in [6.07, 6.45) is 15.1. The van der Waals surface area contributed by atoms with Gasteiger partial charge < -0.3 is 9.13 Å². The van der Waals surface area contributed by atoms with E-state index in [2.05, 4.69) is 106 Å². The molecule has 7 aliphatic carbocycles. The van der Waals surface area contributed by atoms with Crippen molar-refractivity contribution in [2.75, 3.05) is 0 Å². The van der Waals surface area contributed by atoms with Crippen LogP contribution in [-0.2, 0) is 5.54 Å². The van der Waals surface area contributed by atoms with E-state index in [0.29, 0.717) is 11.6 Å². The van der Waals surface area contributed by atoms with Gasteiger partial charge in [0.2, 0.25) is 0 Å². The first-order valence-corrected chi connectivity index (χ1v) is 18.5. The van der Waals surface area contributed by atoms with Crippen molar-refractivity contribution in [3.05, 3.63) is 96.6 Å². The fourth-order valence-corrected chi connectivity index (χ4v) is 12.5. The van der Waals surface area contributed by atoms with E-state index >= 15 is 0 Å². The van der Waals surface area contributed by atoms with Gasteiger partial charge in [-0.05, 0) is 151 Å². The first-order valence-electron chi connectivity index (χ1n) is 18.5. The second kappa shape index (κ2) is 8.22. The van der Waals surface area contributed by atoms with E-state index in [1.165, 1.54) is 109 Å². The lowest BCUT2D eigenvalue weighted by Gasteiger charge is -2.35. The van der Waals surface area contributed by atoms with Crippen LogP contribution in [0.4, 0.5) is 0 Å². The lowest BCUT2D eigenvalue weighted by molar-refractivity contribution is 0.215. The molecule has 0 saturated heterocycles. The number of benzene rings is 3. The molecule has 4 heteroatoms. The van der Waals surface area contributed by atoms with Crippen LogP contribution in [-0.4, -0.2) is 19.1 Å². The largest absolute Gasteiger partial charge is 0.337 e. The molecule has 0 aliphatic heterocycles. The van der Waals surface area contributed by atoms with Crippen LogP contribution in [0, 0.1) is 55.3 Å². The van der Waals surface area contributed by atoms with Crippen molar-refractivity contribution in [1.82, 2.24) is 19.1 Å². The van der Waals surface area contributed by atoms with Gasteiger partial charge in [-0.3, -0.25) is 9.97 Å². The monoisotopic (exact) mass is 622 g/mol. The minimum atomic E-state index is 0.376. The molecule has 0 N–H and O–H groups in total. The Morgan fingerprint density at radius 1 is 0.604 bits per heavy atom. The van der Waals surface area contributed by atoms with E-state index < -0.39 is 0 Å². The van der Waals surface area contributed by atoms with Crippen molar-refractivity contribution in [3.8, 4) is 22.3 Å². The fourth-order valence-electron chi connectivity index (χ4n) is 12.5. The normalized spacial score (nSPS) is 33.3. The molecule has 4 heterocycles. The maximum absolute atomic E-state index is 4.60. The maximum Gasteiger partial charge on any atom is 0.0527 e.